The number of nitrogens with two attached hydrogens (primary N) is 1. The van der Waals surface area contributed by atoms with E-state index in [2.05, 4.69) is 19.1 Å². The third kappa shape index (κ3) is 3.29. The van der Waals surface area contributed by atoms with E-state index in [1.807, 2.05) is 30.3 Å². The summed E-state index contributed by atoms with van der Waals surface area (Å²) < 4.78 is 7.51. The van der Waals surface area contributed by atoms with Crippen LogP contribution in [0.15, 0.2) is 73.2 Å². The van der Waals surface area contributed by atoms with Gasteiger partial charge in [-0.1, -0.05) is 30.3 Å². The number of phenolic OH excluding ortho intramolecular Hbond substituents is 1. The van der Waals surface area contributed by atoms with Crippen molar-refractivity contribution in [3.05, 3.63) is 74.9 Å². The van der Waals surface area contributed by atoms with Gasteiger partial charge in [0.25, 0.3) is 0 Å². The van der Waals surface area contributed by atoms with Crippen molar-refractivity contribution in [1.82, 2.24) is 0 Å². The maximum Gasteiger partial charge on any atom is 0.199 e. The molecular formula is C17H15N5O4S. The number of nitrogens with one attached hydrogen (secondary N) is 1. The Morgan fingerprint density at radius 1 is 0.963 bits per heavy atom. The average Bonchev–Trinajstić information content (AvgIpc) is 2.72. The van der Waals surface area contributed by atoms with Crippen LogP contribution in [0.2, 0.25) is 0 Å². The van der Waals surface area contributed by atoms with Gasteiger partial charge in [-0.05, 0) is 35.2 Å². The predicted molar refractivity (Wildman–Crippen MR) is 107 cm³/mol. The highest BCUT2D eigenvalue weighted by atomic mass is 32.3. The average molecular weight is 385 g/mol. The van der Waals surface area contributed by atoms with Crippen molar-refractivity contribution in [1.29, 1.82) is 0 Å². The molecule has 0 amide bonds. The third-order valence-corrected chi connectivity index (χ3v) is 5.61. The summed E-state index contributed by atoms with van der Waals surface area (Å²) in [5.74, 6) is -0.370. The molecule has 0 unspecified atom stereocenters. The second-order valence-corrected chi connectivity index (χ2v) is 7.58. The van der Waals surface area contributed by atoms with Gasteiger partial charge in [-0.3, -0.25) is 0 Å². The summed E-state index contributed by atoms with van der Waals surface area (Å²) in [6.45, 7) is 0.566. The molecule has 0 radical (unpaired) electrons. The molecule has 3 aromatic carbocycles. The van der Waals surface area contributed by atoms with Crippen LogP contribution >= 0.6 is 10.6 Å². The Morgan fingerprint density at radius 3 is 2.26 bits per heavy atom. The number of fused-ring (bicyclic) bond motifs is 1. The van der Waals surface area contributed by atoms with Crippen LogP contribution in [0, 0.1) is 14.7 Å². The minimum absolute atomic E-state index is 0.285. The van der Waals surface area contributed by atoms with Gasteiger partial charge in [-0.25, -0.2) is 0 Å². The summed E-state index contributed by atoms with van der Waals surface area (Å²) in [6, 6.07) is 16.1. The molecule has 27 heavy (non-hydrogen) atoms. The molecule has 10 heteroatoms. The quantitative estimate of drug-likeness (QED) is 0.298. The molecule has 0 atom stereocenters. The monoisotopic (exact) mass is 385 g/mol. The van der Waals surface area contributed by atoms with Crippen molar-refractivity contribution in [2.45, 2.75) is 11.4 Å². The second kappa shape index (κ2) is 7.38. The van der Waals surface area contributed by atoms with E-state index in [0.29, 0.717) is 17.3 Å². The molecule has 0 aromatic heterocycles. The number of nitroso groups, excluding NO2 is 3. The summed E-state index contributed by atoms with van der Waals surface area (Å²) in [5.41, 5.74) is 7.27. The zero-order valence-electron chi connectivity index (χ0n) is 13.9. The SMILES string of the molecule is Nc1c(S(N=O)(N=O)N=O)cc2cc(NCc3ccccc3)ccc2c1O. The molecule has 0 aliphatic rings. The van der Waals surface area contributed by atoms with Crippen molar-refractivity contribution in [2.75, 3.05) is 11.1 Å². The molecule has 4 N–H and O–H groups in total. The number of anilines is 2. The predicted octanol–water partition coefficient (Wildman–Crippen LogP) is 4.95. The van der Waals surface area contributed by atoms with Crippen LogP contribution in [0.5, 0.6) is 5.75 Å². The highest BCUT2D eigenvalue weighted by Gasteiger charge is 2.35. The summed E-state index contributed by atoms with van der Waals surface area (Å²) in [7, 11) is -3.80. The smallest absolute Gasteiger partial charge is 0.199 e. The van der Waals surface area contributed by atoms with E-state index in [1.54, 1.807) is 18.2 Å². The molecule has 0 aliphatic carbocycles. The van der Waals surface area contributed by atoms with E-state index in [4.69, 9.17) is 5.73 Å². The van der Waals surface area contributed by atoms with Crippen molar-refractivity contribution >= 4 is 32.7 Å². The number of nitrogen functional groups attached to an aromatic ring is 1. The fourth-order valence-corrected chi connectivity index (χ4v) is 3.68. The van der Waals surface area contributed by atoms with Crippen molar-refractivity contribution < 1.29 is 5.11 Å². The fourth-order valence-electron chi connectivity index (χ4n) is 2.68. The maximum atomic E-state index is 11.1. The molecule has 0 fully saturated rings. The first-order valence-electron chi connectivity index (χ1n) is 7.75. The normalized spacial score (nSPS) is 11.7. The molecule has 0 spiro atoms. The van der Waals surface area contributed by atoms with E-state index < -0.39 is 10.6 Å². The van der Waals surface area contributed by atoms with E-state index in [9.17, 15) is 19.8 Å². The second-order valence-electron chi connectivity index (χ2n) is 5.65. The molecule has 3 rings (SSSR count). The molecule has 138 valence electrons. The Balaban J connectivity index is 2.05. The summed E-state index contributed by atoms with van der Waals surface area (Å²) >= 11 is 0. The number of hydrogen-bond donors (Lipinski definition) is 3. The summed E-state index contributed by atoms with van der Waals surface area (Å²) in [4.78, 5) is 32.9. The van der Waals surface area contributed by atoms with Gasteiger partial charge in [0.15, 0.2) is 10.6 Å². The summed E-state index contributed by atoms with van der Waals surface area (Å²) in [6.07, 6.45) is 0. The van der Waals surface area contributed by atoms with E-state index in [1.165, 1.54) is 6.07 Å². The molecule has 0 saturated carbocycles. The van der Waals surface area contributed by atoms with Crippen LogP contribution in [0.4, 0.5) is 11.4 Å². The number of rotatable bonds is 7. The lowest BCUT2D eigenvalue weighted by molar-refractivity contribution is 0.483. The number of hydrogen-bond acceptors (Lipinski definition) is 9. The van der Waals surface area contributed by atoms with Gasteiger partial charge < -0.3 is 16.2 Å². The van der Waals surface area contributed by atoms with E-state index in [-0.39, 0.29) is 16.3 Å². The molecule has 0 bridgehead atoms. The van der Waals surface area contributed by atoms with Crippen LogP contribution in [0.3, 0.4) is 0 Å². The van der Waals surface area contributed by atoms with Crippen molar-refractivity contribution in [3.63, 3.8) is 0 Å². The van der Waals surface area contributed by atoms with Crippen molar-refractivity contribution in [2.24, 2.45) is 13.7 Å². The van der Waals surface area contributed by atoms with Gasteiger partial charge in [0.05, 0.1) is 10.6 Å². The first-order chi connectivity index (χ1) is 13.0. The summed E-state index contributed by atoms with van der Waals surface area (Å²) in [5, 5.41) is 14.4. The topological polar surface area (TPSA) is 147 Å². The van der Waals surface area contributed by atoms with E-state index >= 15 is 0 Å². The first kappa shape index (κ1) is 18.3. The molecule has 0 aliphatic heterocycles. The zero-order chi connectivity index (χ0) is 19.4. The van der Waals surface area contributed by atoms with Gasteiger partial charge in [-0.2, -0.15) is 0 Å². The van der Waals surface area contributed by atoms with Crippen molar-refractivity contribution in [3.8, 4) is 5.75 Å². The van der Waals surface area contributed by atoms with Crippen LogP contribution in [0.1, 0.15) is 5.56 Å². The Hall–Kier alpha value is -3.53. The lowest BCUT2D eigenvalue weighted by Crippen LogP contribution is -2.00. The Labute approximate surface area is 155 Å². The highest BCUT2D eigenvalue weighted by Crippen LogP contribution is 2.63. The van der Waals surface area contributed by atoms with Gasteiger partial charge >= 0.3 is 0 Å². The maximum absolute atomic E-state index is 11.1. The van der Waals surface area contributed by atoms with Gasteiger partial charge in [0, 0.05) is 31.4 Å². The lowest BCUT2D eigenvalue weighted by Gasteiger charge is -2.18. The molecular weight excluding hydrogens is 370 g/mol. The highest BCUT2D eigenvalue weighted by molar-refractivity contribution is 8.30. The van der Waals surface area contributed by atoms with Crippen LogP contribution < -0.4 is 11.1 Å². The van der Waals surface area contributed by atoms with E-state index in [0.717, 1.165) is 11.3 Å². The first-order valence-corrected chi connectivity index (χ1v) is 9.25. The van der Waals surface area contributed by atoms with Gasteiger partial charge in [0.2, 0.25) is 0 Å². The lowest BCUT2D eigenvalue weighted by atomic mass is 10.1. The largest absolute Gasteiger partial charge is 0.505 e. The van der Waals surface area contributed by atoms with Crippen LogP contribution in [-0.2, 0) is 6.54 Å². The Kier molecular flexibility index (Phi) is 4.99. The standard InChI is InChI=1S/C17H15N5O4S/c18-16-15(27(20-24,21-25)22-26)9-12-8-13(6-7-14(12)17(16)23)19-10-11-4-2-1-3-5-11/h1-9,19,23H,10,18H2. The third-order valence-electron chi connectivity index (χ3n) is 4.06. The number of benzene rings is 3. The minimum Gasteiger partial charge on any atom is -0.505 e. The molecule has 0 heterocycles. The molecule has 9 nitrogen and oxygen atoms in total. The van der Waals surface area contributed by atoms with Gasteiger partial charge in [-0.15, -0.1) is 14.7 Å². The minimum atomic E-state index is -3.80. The Morgan fingerprint density at radius 2 is 1.63 bits per heavy atom. The Bertz CT molecular complexity index is 1010. The molecule has 3 aromatic rings. The van der Waals surface area contributed by atoms with Gasteiger partial charge in [0.1, 0.15) is 5.75 Å². The number of nitrogens with zero attached hydrogens (tertiary/aromatic N) is 3. The number of aromatic hydroxyl groups is 1. The van der Waals surface area contributed by atoms with Crippen LogP contribution in [0.25, 0.3) is 10.8 Å². The zero-order valence-corrected chi connectivity index (χ0v) is 14.7. The molecule has 0 saturated heterocycles. The van der Waals surface area contributed by atoms with Crippen LogP contribution in [-0.4, -0.2) is 5.11 Å². The fraction of sp³-hybridized carbons (Fsp3) is 0.0588. The number of phenols is 1.